The van der Waals surface area contributed by atoms with E-state index in [4.69, 9.17) is 9.47 Å². The van der Waals surface area contributed by atoms with Crippen LogP contribution in [0.25, 0.3) is 0 Å². The van der Waals surface area contributed by atoms with Crippen LogP contribution in [-0.4, -0.2) is 74.4 Å². The van der Waals surface area contributed by atoms with Gasteiger partial charge in [0.1, 0.15) is 0 Å². The Bertz CT molecular complexity index is 579. The van der Waals surface area contributed by atoms with Gasteiger partial charge in [-0.05, 0) is 18.6 Å². The lowest BCUT2D eigenvalue weighted by molar-refractivity contribution is 0.00423. The van der Waals surface area contributed by atoms with Gasteiger partial charge in [-0.3, -0.25) is 9.69 Å². The minimum Gasteiger partial charge on any atom is -0.379 e. The Morgan fingerprint density at radius 1 is 1.25 bits per heavy atom. The molecule has 2 aliphatic heterocycles. The number of ether oxygens (including phenoxy) is 2. The maximum atomic E-state index is 13.7. The van der Waals surface area contributed by atoms with Gasteiger partial charge in [-0.1, -0.05) is 6.07 Å². The van der Waals surface area contributed by atoms with E-state index < -0.39 is 17.5 Å². The number of hydrogen-bond acceptors (Lipinski definition) is 4. The fourth-order valence-electron chi connectivity index (χ4n) is 3.06. The van der Waals surface area contributed by atoms with E-state index in [1.54, 1.807) is 0 Å². The van der Waals surface area contributed by atoms with Gasteiger partial charge in [-0.2, -0.15) is 0 Å². The highest BCUT2D eigenvalue weighted by molar-refractivity contribution is 5.94. The van der Waals surface area contributed by atoms with Crippen LogP contribution < -0.4 is 0 Å². The molecule has 3 rings (SSSR count). The standard InChI is InChI=1S/C17H22F2N2O3/c18-15-3-1-2-14(16(15)19)17(22)21-5-4-13(12-21)24-11-8-20-6-9-23-10-7-20/h1-3,13H,4-12H2/t13-/m1/s1. The average molecular weight is 340 g/mol. The number of benzene rings is 1. The van der Waals surface area contributed by atoms with Gasteiger partial charge in [0.05, 0.1) is 31.5 Å². The molecule has 2 fully saturated rings. The molecule has 0 N–H and O–H groups in total. The second-order valence-corrected chi connectivity index (χ2v) is 6.09. The Morgan fingerprint density at radius 2 is 2.04 bits per heavy atom. The van der Waals surface area contributed by atoms with Crippen LogP contribution in [0.4, 0.5) is 8.78 Å². The zero-order valence-corrected chi connectivity index (χ0v) is 13.5. The molecule has 2 aliphatic rings. The summed E-state index contributed by atoms with van der Waals surface area (Å²) in [6.07, 6.45) is 0.665. The number of hydrogen-bond donors (Lipinski definition) is 0. The summed E-state index contributed by atoms with van der Waals surface area (Å²) in [5, 5.41) is 0. The molecule has 24 heavy (non-hydrogen) atoms. The average Bonchev–Trinajstić information content (AvgIpc) is 3.07. The van der Waals surface area contributed by atoms with Gasteiger partial charge in [0.2, 0.25) is 0 Å². The molecule has 0 radical (unpaired) electrons. The second-order valence-electron chi connectivity index (χ2n) is 6.09. The summed E-state index contributed by atoms with van der Waals surface area (Å²) in [6.45, 7) is 5.69. The molecular formula is C17H22F2N2O3. The zero-order chi connectivity index (χ0) is 16.9. The lowest BCUT2D eigenvalue weighted by Crippen LogP contribution is -2.39. The van der Waals surface area contributed by atoms with E-state index in [1.807, 2.05) is 0 Å². The first kappa shape index (κ1) is 17.3. The number of rotatable bonds is 5. The number of nitrogens with zero attached hydrogens (tertiary/aromatic N) is 2. The molecule has 0 aromatic heterocycles. The molecule has 2 saturated heterocycles. The van der Waals surface area contributed by atoms with E-state index in [9.17, 15) is 13.6 Å². The third-order valence-corrected chi connectivity index (χ3v) is 4.48. The largest absolute Gasteiger partial charge is 0.379 e. The van der Waals surface area contributed by atoms with Crippen molar-refractivity contribution < 1.29 is 23.0 Å². The fourth-order valence-corrected chi connectivity index (χ4v) is 3.06. The number of amides is 1. The van der Waals surface area contributed by atoms with Crippen LogP contribution in [0.5, 0.6) is 0 Å². The molecule has 7 heteroatoms. The van der Waals surface area contributed by atoms with Gasteiger partial charge < -0.3 is 14.4 Å². The highest BCUT2D eigenvalue weighted by atomic mass is 19.2. The quantitative estimate of drug-likeness (QED) is 0.815. The van der Waals surface area contributed by atoms with Crippen molar-refractivity contribution in [1.82, 2.24) is 9.80 Å². The van der Waals surface area contributed by atoms with Gasteiger partial charge in [-0.15, -0.1) is 0 Å². The SMILES string of the molecule is O=C(c1cccc(F)c1F)N1CC[C@@H](OCCN2CCOCC2)C1. The Morgan fingerprint density at radius 3 is 2.83 bits per heavy atom. The van der Waals surface area contributed by atoms with Gasteiger partial charge in [-0.25, -0.2) is 8.78 Å². The minimum atomic E-state index is -1.08. The maximum Gasteiger partial charge on any atom is 0.257 e. The first-order chi connectivity index (χ1) is 11.6. The number of halogens is 2. The first-order valence-corrected chi connectivity index (χ1v) is 8.30. The normalized spacial score (nSPS) is 22.1. The third-order valence-electron chi connectivity index (χ3n) is 4.48. The van der Waals surface area contributed by atoms with Gasteiger partial charge in [0.25, 0.3) is 5.91 Å². The summed E-state index contributed by atoms with van der Waals surface area (Å²) in [5.74, 6) is -2.57. The fraction of sp³-hybridized carbons (Fsp3) is 0.588. The predicted molar refractivity (Wildman–Crippen MR) is 83.9 cm³/mol. The summed E-state index contributed by atoms with van der Waals surface area (Å²) in [7, 11) is 0. The molecule has 0 aliphatic carbocycles. The summed E-state index contributed by atoms with van der Waals surface area (Å²) in [5.41, 5.74) is -0.219. The molecule has 132 valence electrons. The lowest BCUT2D eigenvalue weighted by Gasteiger charge is -2.26. The number of likely N-dealkylation sites (tertiary alicyclic amines) is 1. The Balaban J connectivity index is 1.46. The van der Waals surface area contributed by atoms with E-state index in [2.05, 4.69) is 4.90 Å². The van der Waals surface area contributed by atoms with E-state index in [1.165, 1.54) is 17.0 Å². The molecule has 1 aromatic carbocycles. The topological polar surface area (TPSA) is 42.0 Å². The minimum absolute atomic E-state index is 0.0494. The molecule has 0 saturated carbocycles. The zero-order valence-electron chi connectivity index (χ0n) is 13.5. The molecular weight excluding hydrogens is 318 g/mol. The number of carbonyl (C=O) groups is 1. The Hall–Kier alpha value is -1.57. The van der Waals surface area contributed by atoms with Crippen molar-refractivity contribution in [3.63, 3.8) is 0 Å². The lowest BCUT2D eigenvalue weighted by atomic mass is 10.2. The van der Waals surface area contributed by atoms with Crippen LogP contribution in [0.2, 0.25) is 0 Å². The van der Waals surface area contributed by atoms with Crippen molar-refractivity contribution in [2.24, 2.45) is 0 Å². The first-order valence-electron chi connectivity index (χ1n) is 8.30. The predicted octanol–water partition coefficient (Wildman–Crippen LogP) is 1.53. The molecule has 2 heterocycles. The molecule has 1 aromatic rings. The van der Waals surface area contributed by atoms with E-state index in [0.717, 1.165) is 38.9 Å². The monoisotopic (exact) mass is 340 g/mol. The van der Waals surface area contributed by atoms with Crippen molar-refractivity contribution in [2.75, 3.05) is 52.5 Å². The summed E-state index contributed by atoms with van der Waals surface area (Å²) in [6, 6.07) is 3.67. The van der Waals surface area contributed by atoms with Crippen molar-refractivity contribution >= 4 is 5.91 Å². The summed E-state index contributed by atoms with van der Waals surface area (Å²) in [4.78, 5) is 16.1. The van der Waals surface area contributed by atoms with Crippen molar-refractivity contribution in [3.8, 4) is 0 Å². The molecule has 5 nitrogen and oxygen atoms in total. The van der Waals surface area contributed by atoms with Crippen LogP contribution in [0, 0.1) is 11.6 Å². The molecule has 1 atom stereocenters. The third kappa shape index (κ3) is 4.09. The second kappa shape index (κ2) is 8.00. The Labute approximate surface area is 140 Å². The van der Waals surface area contributed by atoms with Crippen LogP contribution in [0.1, 0.15) is 16.8 Å². The van der Waals surface area contributed by atoms with Gasteiger partial charge in [0, 0.05) is 32.7 Å². The smallest absolute Gasteiger partial charge is 0.257 e. The highest BCUT2D eigenvalue weighted by Gasteiger charge is 2.29. The molecule has 0 unspecified atom stereocenters. The van der Waals surface area contributed by atoms with E-state index >= 15 is 0 Å². The van der Waals surface area contributed by atoms with Crippen LogP contribution >= 0.6 is 0 Å². The van der Waals surface area contributed by atoms with Crippen molar-refractivity contribution in [1.29, 1.82) is 0 Å². The molecule has 1 amide bonds. The van der Waals surface area contributed by atoms with Crippen LogP contribution in [-0.2, 0) is 9.47 Å². The van der Waals surface area contributed by atoms with Crippen LogP contribution in [0.3, 0.4) is 0 Å². The van der Waals surface area contributed by atoms with E-state index in [-0.39, 0.29) is 11.7 Å². The number of morpholine rings is 1. The van der Waals surface area contributed by atoms with Crippen LogP contribution in [0.15, 0.2) is 18.2 Å². The molecule has 0 spiro atoms. The summed E-state index contributed by atoms with van der Waals surface area (Å²) < 4.78 is 38.1. The molecule has 0 bridgehead atoms. The summed E-state index contributed by atoms with van der Waals surface area (Å²) >= 11 is 0. The highest BCUT2D eigenvalue weighted by Crippen LogP contribution is 2.19. The number of carbonyl (C=O) groups excluding carboxylic acids is 1. The van der Waals surface area contributed by atoms with E-state index in [0.29, 0.717) is 26.1 Å². The maximum absolute atomic E-state index is 13.7. The van der Waals surface area contributed by atoms with Gasteiger partial charge in [0.15, 0.2) is 11.6 Å². The van der Waals surface area contributed by atoms with Crippen molar-refractivity contribution in [2.45, 2.75) is 12.5 Å². The Kier molecular flexibility index (Phi) is 5.76. The van der Waals surface area contributed by atoms with Gasteiger partial charge >= 0.3 is 0 Å². The van der Waals surface area contributed by atoms with Crippen molar-refractivity contribution in [3.05, 3.63) is 35.4 Å².